The number of hydrogen-bond donors (Lipinski definition) is 0. The van der Waals surface area contributed by atoms with Gasteiger partial charge in [-0.05, 0) is 24.3 Å². The molecule has 0 saturated heterocycles. The average molecular weight is 333 g/mol. The van der Waals surface area contributed by atoms with E-state index in [9.17, 15) is 8.42 Å². The van der Waals surface area contributed by atoms with E-state index in [1.807, 2.05) is 12.1 Å². The van der Waals surface area contributed by atoms with Gasteiger partial charge in [0.25, 0.3) is 5.89 Å². The summed E-state index contributed by atoms with van der Waals surface area (Å²) in [5.41, 5.74) is 0. The highest BCUT2D eigenvalue weighted by atomic mass is 79.9. The summed E-state index contributed by atoms with van der Waals surface area (Å²) in [7, 11) is -3.47. The number of benzene rings is 1. The van der Waals surface area contributed by atoms with Gasteiger partial charge in [0, 0.05) is 10.7 Å². The number of sulfone groups is 1. The molecule has 0 aliphatic heterocycles. The van der Waals surface area contributed by atoms with Gasteiger partial charge in [0.15, 0.2) is 6.61 Å². The molecule has 96 valence electrons. The SMILES string of the molecule is CS(=O)(=O)c1nnc(COc2ccc(Br)cc2)o1. The van der Waals surface area contributed by atoms with Crippen LogP contribution in [0.25, 0.3) is 0 Å². The number of halogens is 1. The van der Waals surface area contributed by atoms with E-state index in [1.165, 1.54) is 0 Å². The molecular formula is C10H9BrN2O4S. The molecule has 0 N–H and O–H groups in total. The highest BCUT2D eigenvalue weighted by Crippen LogP contribution is 2.17. The van der Waals surface area contributed by atoms with E-state index in [0.29, 0.717) is 5.75 Å². The molecule has 0 bridgehead atoms. The first-order valence-electron chi connectivity index (χ1n) is 4.86. The molecule has 8 heteroatoms. The fraction of sp³-hybridized carbons (Fsp3) is 0.200. The Labute approximate surface area is 112 Å². The Morgan fingerprint density at radius 2 is 1.94 bits per heavy atom. The predicted molar refractivity (Wildman–Crippen MR) is 65.9 cm³/mol. The Kier molecular flexibility index (Phi) is 3.67. The third kappa shape index (κ3) is 3.30. The van der Waals surface area contributed by atoms with Gasteiger partial charge in [-0.3, -0.25) is 0 Å². The molecule has 0 atom stereocenters. The molecule has 2 aromatic rings. The number of hydrogen-bond acceptors (Lipinski definition) is 6. The summed E-state index contributed by atoms with van der Waals surface area (Å²) in [5, 5.41) is 6.60. The lowest BCUT2D eigenvalue weighted by Crippen LogP contribution is -1.96. The minimum atomic E-state index is -3.47. The van der Waals surface area contributed by atoms with E-state index in [2.05, 4.69) is 26.1 Å². The maximum Gasteiger partial charge on any atom is 0.335 e. The van der Waals surface area contributed by atoms with E-state index < -0.39 is 15.1 Å². The number of ether oxygens (including phenoxy) is 1. The van der Waals surface area contributed by atoms with Crippen molar-refractivity contribution in [2.45, 2.75) is 11.8 Å². The van der Waals surface area contributed by atoms with Crippen molar-refractivity contribution in [3.05, 3.63) is 34.6 Å². The maximum absolute atomic E-state index is 11.1. The smallest absolute Gasteiger partial charge is 0.335 e. The van der Waals surface area contributed by atoms with Gasteiger partial charge in [-0.25, -0.2) is 8.42 Å². The summed E-state index contributed by atoms with van der Waals surface area (Å²) in [4.78, 5) is 0. The normalized spacial score (nSPS) is 11.4. The molecule has 0 aliphatic rings. The van der Waals surface area contributed by atoms with Crippen molar-refractivity contribution in [3.63, 3.8) is 0 Å². The lowest BCUT2D eigenvalue weighted by Gasteiger charge is -2.02. The van der Waals surface area contributed by atoms with Gasteiger partial charge in [-0.15, -0.1) is 5.10 Å². The third-order valence-electron chi connectivity index (χ3n) is 1.94. The van der Waals surface area contributed by atoms with Gasteiger partial charge in [0.05, 0.1) is 0 Å². The van der Waals surface area contributed by atoms with E-state index in [4.69, 9.17) is 9.15 Å². The molecule has 18 heavy (non-hydrogen) atoms. The zero-order chi connectivity index (χ0) is 13.2. The first-order valence-corrected chi connectivity index (χ1v) is 7.54. The molecule has 1 aromatic carbocycles. The fourth-order valence-corrected chi connectivity index (χ4v) is 1.82. The molecule has 1 aromatic heterocycles. The number of nitrogens with zero attached hydrogens (tertiary/aromatic N) is 2. The standard InChI is InChI=1S/C10H9BrN2O4S/c1-18(14,15)10-13-12-9(17-10)6-16-8-4-2-7(11)3-5-8/h2-5H,6H2,1H3. The van der Waals surface area contributed by atoms with Crippen LogP contribution >= 0.6 is 15.9 Å². The molecule has 0 unspecified atom stereocenters. The Morgan fingerprint density at radius 1 is 1.28 bits per heavy atom. The summed E-state index contributed by atoms with van der Waals surface area (Å²) < 4.78 is 33.5. The van der Waals surface area contributed by atoms with Crippen LogP contribution in [0, 0.1) is 0 Å². The molecule has 2 rings (SSSR count). The minimum absolute atomic E-state index is 0.0180. The van der Waals surface area contributed by atoms with Gasteiger partial charge in [0.1, 0.15) is 5.75 Å². The zero-order valence-electron chi connectivity index (χ0n) is 9.33. The van der Waals surface area contributed by atoms with Crippen molar-refractivity contribution >= 4 is 25.8 Å². The molecule has 0 radical (unpaired) electrons. The second kappa shape index (κ2) is 5.07. The number of rotatable bonds is 4. The summed E-state index contributed by atoms with van der Waals surface area (Å²) >= 11 is 3.30. The van der Waals surface area contributed by atoms with Crippen molar-refractivity contribution in [3.8, 4) is 5.75 Å². The van der Waals surface area contributed by atoms with Crippen LogP contribution in [-0.4, -0.2) is 24.9 Å². The molecule has 1 heterocycles. The third-order valence-corrected chi connectivity index (χ3v) is 3.27. The van der Waals surface area contributed by atoms with Gasteiger partial charge in [0.2, 0.25) is 9.84 Å². The summed E-state index contributed by atoms with van der Waals surface area (Å²) in [5.74, 6) is 0.732. The Hall–Kier alpha value is -1.41. The Balaban J connectivity index is 2.03. The second-order valence-corrected chi connectivity index (χ2v) is 6.29. The quantitative estimate of drug-likeness (QED) is 0.849. The van der Waals surface area contributed by atoms with E-state index in [0.717, 1.165) is 10.7 Å². The van der Waals surface area contributed by atoms with Crippen LogP contribution in [0.4, 0.5) is 0 Å². The van der Waals surface area contributed by atoms with Crippen LogP contribution in [0.2, 0.25) is 0 Å². The lowest BCUT2D eigenvalue weighted by molar-refractivity contribution is 0.250. The van der Waals surface area contributed by atoms with E-state index >= 15 is 0 Å². The highest BCUT2D eigenvalue weighted by molar-refractivity contribution is 9.10. The van der Waals surface area contributed by atoms with Crippen LogP contribution in [0.15, 0.2) is 38.4 Å². The first kappa shape index (κ1) is 13.0. The van der Waals surface area contributed by atoms with E-state index in [-0.39, 0.29) is 12.5 Å². The molecule has 0 saturated carbocycles. The van der Waals surface area contributed by atoms with Crippen molar-refractivity contribution < 1.29 is 17.6 Å². The Morgan fingerprint density at radius 3 is 2.50 bits per heavy atom. The van der Waals surface area contributed by atoms with Crippen LogP contribution < -0.4 is 4.74 Å². The predicted octanol–water partition coefficient (Wildman–Crippen LogP) is 1.81. The maximum atomic E-state index is 11.1. The monoisotopic (exact) mass is 332 g/mol. The van der Waals surface area contributed by atoms with Crippen LogP contribution in [0.3, 0.4) is 0 Å². The molecule has 0 aliphatic carbocycles. The first-order chi connectivity index (χ1) is 8.45. The van der Waals surface area contributed by atoms with Crippen molar-refractivity contribution in [1.82, 2.24) is 10.2 Å². The van der Waals surface area contributed by atoms with Gasteiger partial charge >= 0.3 is 5.22 Å². The largest absolute Gasteiger partial charge is 0.484 e. The molecule has 0 amide bonds. The molecule has 0 spiro atoms. The zero-order valence-corrected chi connectivity index (χ0v) is 11.7. The fourth-order valence-electron chi connectivity index (χ4n) is 1.12. The van der Waals surface area contributed by atoms with Gasteiger partial charge in [-0.2, -0.15) is 0 Å². The van der Waals surface area contributed by atoms with Gasteiger partial charge in [-0.1, -0.05) is 21.0 Å². The topological polar surface area (TPSA) is 82.3 Å². The average Bonchev–Trinajstić information content (AvgIpc) is 2.77. The van der Waals surface area contributed by atoms with Crippen molar-refractivity contribution in [2.24, 2.45) is 0 Å². The highest BCUT2D eigenvalue weighted by Gasteiger charge is 2.16. The molecular weight excluding hydrogens is 324 g/mol. The van der Waals surface area contributed by atoms with Crippen molar-refractivity contribution in [1.29, 1.82) is 0 Å². The molecule has 6 nitrogen and oxygen atoms in total. The van der Waals surface area contributed by atoms with Crippen molar-refractivity contribution in [2.75, 3.05) is 6.26 Å². The molecule has 0 fully saturated rings. The minimum Gasteiger partial charge on any atom is -0.484 e. The Bertz CT molecular complexity index is 636. The van der Waals surface area contributed by atoms with E-state index in [1.54, 1.807) is 12.1 Å². The van der Waals surface area contributed by atoms with Gasteiger partial charge < -0.3 is 9.15 Å². The van der Waals surface area contributed by atoms with Crippen LogP contribution in [0.5, 0.6) is 5.75 Å². The van der Waals surface area contributed by atoms with Crippen LogP contribution in [-0.2, 0) is 16.4 Å². The summed E-state index contributed by atoms with van der Waals surface area (Å²) in [6, 6.07) is 7.17. The second-order valence-electron chi connectivity index (χ2n) is 3.48. The lowest BCUT2D eigenvalue weighted by atomic mass is 10.3. The summed E-state index contributed by atoms with van der Waals surface area (Å²) in [6.07, 6.45) is 1.000. The number of aromatic nitrogens is 2. The van der Waals surface area contributed by atoms with Crippen LogP contribution in [0.1, 0.15) is 5.89 Å². The summed E-state index contributed by atoms with van der Waals surface area (Å²) in [6.45, 7) is 0.0180.